The second-order valence-electron chi connectivity index (χ2n) is 5.29. The topological polar surface area (TPSA) is 24.9 Å². The molecule has 0 radical (unpaired) electrons. The normalized spacial score (nSPS) is 18.6. The van der Waals surface area contributed by atoms with Gasteiger partial charge in [-0.3, -0.25) is 4.90 Å². The molecule has 1 heterocycles. The number of rotatable bonds is 6. The molecule has 0 aromatic heterocycles. The van der Waals surface area contributed by atoms with Crippen LogP contribution in [0.2, 0.25) is 0 Å². The summed E-state index contributed by atoms with van der Waals surface area (Å²) >= 11 is 0. The van der Waals surface area contributed by atoms with Gasteiger partial charge < -0.3 is 14.4 Å². The number of alkyl halides is 2. The number of halogens is 2. The van der Waals surface area contributed by atoms with E-state index in [1.54, 1.807) is 26.2 Å². The fourth-order valence-electron chi connectivity index (χ4n) is 2.68. The Morgan fingerprint density at radius 2 is 1.86 bits per heavy atom. The van der Waals surface area contributed by atoms with Crippen molar-refractivity contribution in [3.63, 3.8) is 0 Å². The average Bonchev–Trinajstić information content (AvgIpc) is 2.96. The Labute approximate surface area is 124 Å². The molecule has 1 aliphatic rings. The minimum absolute atomic E-state index is 0.149. The summed E-state index contributed by atoms with van der Waals surface area (Å²) in [5.74, 6) is 1.46. The van der Waals surface area contributed by atoms with Crippen LogP contribution in [0.3, 0.4) is 0 Å². The van der Waals surface area contributed by atoms with Crippen molar-refractivity contribution in [2.24, 2.45) is 0 Å². The molecular formula is C15H22F2N2O2. The first-order valence-electron chi connectivity index (χ1n) is 7.00. The summed E-state index contributed by atoms with van der Waals surface area (Å²) in [6.07, 6.45) is -1.41. The van der Waals surface area contributed by atoms with Crippen molar-refractivity contribution in [2.75, 3.05) is 45.8 Å². The zero-order valence-corrected chi connectivity index (χ0v) is 12.7. The average molecular weight is 300 g/mol. The fourth-order valence-corrected chi connectivity index (χ4v) is 2.68. The molecule has 1 aromatic rings. The number of likely N-dealkylation sites (N-methyl/N-ethyl adjacent to an activating group) is 1. The SMILES string of the molecule is COc1cc(OC)cc(N2CCC(N(C)CC(F)F)C2)c1. The number of benzene rings is 1. The van der Waals surface area contributed by atoms with Crippen LogP contribution in [0, 0.1) is 0 Å². The number of anilines is 1. The van der Waals surface area contributed by atoms with Gasteiger partial charge in [-0.25, -0.2) is 8.78 Å². The second kappa shape index (κ2) is 6.93. The molecule has 2 rings (SSSR count). The quantitative estimate of drug-likeness (QED) is 0.806. The van der Waals surface area contributed by atoms with Crippen molar-refractivity contribution in [3.8, 4) is 11.5 Å². The van der Waals surface area contributed by atoms with Crippen LogP contribution in [0.1, 0.15) is 6.42 Å². The van der Waals surface area contributed by atoms with Crippen LogP contribution in [0.25, 0.3) is 0 Å². The molecule has 21 heavy (non-hydrogen) atoms. The van der Waals surface area contributed by atoms with Crippen LogP contribution >= 0.6 is 0 Å². The first kappa shape index (κ1) is 15.8. The van der Waals surface area contributed by atoms with Gasteiger partial charge in [-0.15, -0.1) is 0 Å². The molecule has 1 aliphatic heterocycles. The number of nitrogens with zero attached hydrogens (tertiary/aromatic N) is 2. The van der Waals surface area contributed by atoms with E-state index >= 15 is 0 Å². The Hall–Kier alpha value is -1.56. The summed E-state index contributed by atoms with van der Waals surface area (Å²) in [6.45, 7) is 1.40. The lowest BCUT2D eigenvalue weighted by molar-refractivity contribution is 0.0849. The highest BCUT2D eigenvalue weighted by atomic mass is 19.3. The van der Waals surface area contributed by atoms with Crippen molar-refractivity contribution >= 4 is 5.69 Å². The van der Waals surface area contributed by atoms with Gasteiger partial charge in [0, 0.05) is 43.0 Å². The molecular weight excluding hydrogens is 278 g/mol. The van der Waals surface area contributed by atoms with Gasteiger partial charge in [-0.2, -0.15) is 0 Å². The van der Waals surface area contributed by atoms with E-state index in [1.165, 1.54) is 0 Å². The van der Waals surface area contributed by atoms with Crippen LogP contribution in [0.5, 0.6) is 11.5 Å². The molecule has 0 amide bonds. The summed E-state index contributed by atoms with van der Waals surface area (Å²) in [7, 11) is 4.98. The van der Waals surface area contributed by atoms with Gasteiger partial charge >= 0.3 is 0 Å². The predicted molar refractivity (Wildman–Crippen MR) is 78.8 cm³/mol. The van der Waals surface area contributed by atoms with Crippen LogP contribution < -0.4 is 14.4 Å². The molecule has 4 nitrogen and oxygen atoms in total. The zero-order valence-electron chi connectivity index (χ0n) is 12.7. The Bertz CT molecular complexity index is 449. The van der Waals surface area contributed by atoms with E-state index in [9.17, 15) is 8.78 Å². The van der Waals surface area contributed by atoms with Gasteiger partial charge in [0.1, 0.15) is 11.5 Å². The highest BCUT2D eigenvalue weighted by molar-refractivity contribution is 5.56. The Kier molecular flexibility index (Phi) is 5.22. The van der Waals surface area contributed by atoms with Gasteiger partial charge in [0.25, 0.3) is 6.43 Å². The molecule has 1 fully saturated rings. The summed E-state index contributed by atoms with van der Waals surface area (Å²) < 4.78 is 35.5. The van der Waals surface area contributed by atoms with Gasteiger partial charge in [0.15, 0.2) is 0 Å². The third kappa shape index (κ3) is 3.97. The van der Waals surface area contributed by atoms with Crippen molar-refractivity contribution in [1.29, 1.82) is 0 Å². The number of ether oxygens (including phenoxy) is 2. The summed E-state index contributed by atoms with van der Waals surface area (Å²) in [5, 5.41) is 0. The first-order valence-corrected chi connectivity index (χ1v) is 7.00. The molecule has 0 aliphatic carbocycles. The Morgan fingerprint density at radius 1 is 1.24 bits per heavy atom. The minimum atomic E-state index is -2.29. The van der Waals surface area contributed by atoms with Gasteiger partial charge in [0.2, 0.25) is 0 Å². The van der Waals surface area contributed by atoms with Crippen molar-refractivity contribution in [1.82, 2.24) is 4.90 Å². The Morgan fingerprint density at radius 3 is 2.38 bits per heavy atom. The molecule has 0 saturated carbocycles. The summed E-state index contributed by atoms with van der Waals surface area (Å²) in [4.78, 5) is 3.92. The van der Waals surface area contributed by atoms with Crippen LogP contribution in [0.4, 0.5) is 14.5 Å². The van der Waals surface area contributed by atoms with E-state index in [0.717, 1.165) is 36.7 Å². The van der Waals surface area contributed by atoms with Crippen LogP contribution in [-0.2, 0) is 0 Å². The van der Waals surface area contributed by atoms with Crippen molar-refractivity contribution < 1.29 is 18.3 Å². The third-order valence-electron chi connectivity index (χ3n) is 3.91. The molecule has 0 bridgehead atoms. The lowest BCUT2D eigenvalue weighted by Gasteiger charge is -2.25. The standard InChI is InChI=1S/C15H22F2N2O2/c1-18(10-15(16)17)11-4-5-19(9-11)12-6-13(20-2)8-14(7-12)21-3/h6-8,11,15H,4-5,9-10H2,1-3H3. The van der Waals surface area contributed by atoms with Crippen LogP contribution in [-0.4, -0.2) is 58.3 Å². The number of methoxy groups -OCH3 is 2. The lowest BCUT2D eigenvalue weighted by Crippen LogP contribution is -2.37. The van der Waals surface area contributed by atoms with Crippen molar-refractivity contribution in [3.05, 3.63) is 18.2 Å². The Balaban J connectivity index is 2.07. The molecule has 1 atom stereocenters. The minimum Gasteiger partial charge on any atom is -0.497 e. The lowest BCUT2D eigenvalue weighted by atomic mass is 10.2. The molecule has 0 N–H and O–H groups in total. The molecule has 1 aromatic carbocycles. The van der Waals surface area contributed by atoms with E-state index < -0.39 is 6.43 Å². The van der Waals surface area contributed by atoms with E-state index in [0.29, 0.717) is 0 Å². The summed E-state index contributed by atoms with van der Waals surface area (Å²) in [5.41, 5.74) is 0.999. The largest absolute Gasteiger partial charge is 0.497 e. The predicted octanol–water partition coefficient (Wildman–Crippen LogP) is 2.48. The highest BCUT2D eigenvalue weighted by Crippen LogP contribution is 2.31. The molecule has 118 valence electrons. The zero-order chi connectivity index (χ0) is 15.4. The second-order valence-corrected chi connectivity index (χ2v) is 5.29. The van der Waals surface area contributed by atoms with Crippen LogP contribution in [0.15, 0.2) is 18.2 Å². The smallest absolute Gasteiger partial charge is 0.251 e. The molecule has 1 unspecified atom stereocenters. The maximum absolute atomic E-state index is 12.5. The number of hydrogen-bond donors (Lipinski definition) is 0. The number of hydrogen-bond acceptors (Lipinski definition) is 4. The van der Waals surface area contributed by atoms with Crippen molar-refractivity contribution in [2.45, 2.75) is 18.9 Å². The molecule has 1 saturated heterocycles. The van der Waals surface area contributed by atoms with E-state index in [4.69, 9.17) is 9.47 Å². The van der Waals surface area contributed by atoms with E-state index in [1.807, 2.05) is 18.2 Å². The molecule has 6 heteroatoms. The first-order chi connectivity index (χ1) is 10.0. The highest BCUT2D eigenvalue weighted by Gasteiger charge is 2.27. The van der Waals surface area contributed by atoms with Gasteiger partial charge in [-0.05, 0) is 13.5 Å². The summed E-state index contributed by atoms with van der Waals surface area (Å²) in [6, 6.07) is 5.85. The van der Waals surface area contributed by atoms with Gasteiger partial charge in [-0.1, -0.05) is 0 Å². The third-order valence-corrected chi connectivity index (χ3v) is 3.91. The van der Waals surface area contributed by atoms with Gasteiger partial charge in [0.05, 0.1) is 20.8 Å². The molecule has 0 spiro atoms. The monoisotopic (exact) mass is 300 g/mol. The maximum atomic E-state index is 12.5. The van der Waals surface area contributed by atoms with E-state index in [-0.39, 0.29) is 12.6 Å². The van der Waals surface area contributed by atoms with E-state index in [2.05, 4.69) is 4.90 Å². The maximum Gasteiger partial charge on any atom is 0.251 e. The fraction of sp³-hybridized carbons (Fsp3) is 0.600.